The Hall–Kier alpha value is -1.83. The Kier molecular flexibility index (Phi) is 7.80. The van der Waals surface area contributed by atoms with E-state index in [0.717, 1.165) is 0 Å². The van der Waals surface area contributed by atoms with Crippen molar-refractivity contribution in [3.63, 3.8) is 0 Å². The summed E-state index contributed by atoms with van der Waals surface area (Å²) in [6, 6.07) is 6.99. The summed E-state index contributed by atoms with van der Waals surface area (Å²) >= 11 is -2.92. The summed E-state index contributed by atoms with van der Waals surface area (Å²) in [5.74, 6) is -0.268. The zero-order chi connectivity index (χ0) is 17.4. The van der Waals surface area contributed by atoms with Gasteiger partial charge in [-0.05, 0) is 0 Å². The van der Waals surface area contributed by atoms with Gasteiger partial charge in [0.1, 0.15) is 0 Å². The van der Waals surface area contributed by atoms with Crippen LogP contribution in [0.1, 0.15) is 27.7 Å². The molecule has 0 spiro atoms. The normalized spacial score (nSPS) is 12.5. The van der Waals surface area contributed by atoms with E-state index in [4.69, 9.17) is 10.9 Å². The van der Waals surface area contributed by atoms with E-state index in [-0.39, 0.29) is 0 Å². The van der Waals surface area contributed by atoms with Gasteiger partial charge in [-0.25, -0.2) is 0 Å². The molecule has 0 aliphatic heterocycles. The molecule has 0 aliphatic rings. The number of carbonyl (C=O) groups excluding carboxylic acids is 2. The average Bonchev–Trinajstić information content (AvgIpc) is 2.59. The summed E-state index contributed by atoms with van der Waals surface area (Å²) in [6.07, 6.45) is 3.31. The Morgan fingerprint density at radius 2 is 1.35 bits per heavy atom. The number of benzene rings is 1. The van der Waals surface area contributed by atoms with Gasteiger partial charge in [-0.15, -0.1) is 0 Å². The van der Waals surface area contributed by atoms with Crippen molar-refractivity contribution in [3.05, 3.63) is 51.1 Å². The summed E-state index contributed by atoms with van der Waals surface area (Å²) in [4.78, 5) is 24.0. The van der Waals surface area contributed by atoms with E-state index in [1.54, 1.807) is 71.2 Å². The molecule has 6 heteroatoms. The minimum absolute atomic E-state index is 0.472. The van der Waals surface area contributed by atoms with Gasteiger partial charge in [-0.3, -0.25) is 0 Å². The first kappa shape index (κ1) is 19.2. The standard InChI is InChI=1S/C17H21IO5/c1-6-12(3)16(19)22-18(23-17(20)13(4)7-2)14-8-10-15(21-5)11-9-14/h6-11H,1-5H3/b12-6+,13-7+. The molecular weight excluding hydrogens is 411 g/mol. The molecule has 0 radical (unpaired) electrons. The van der Waals surface area contributed by atoms with Crippen molar-refractivity contribution in [2.45, 2.75) is 27.7 Å². The average molecular weight is 432 g/mol. The second kappa shape index (κ2) is 9.34. The zero-order valence-corrected chi connectivity index (χ0v) is 16.0. The van der Waals surface area contributed by atoms with Crippen LogP contribution in [0.15, 0.2) is 47.6 Å². The third-order valence-corrected chi connectivity index (χ3v) is 6.35. The van der Waals surface area contributed by atoms with Gasteiger partial charge < -0.3 is 0 Å². The molecular formula is C17H21IO5. The van der Waals surface area contributed by atoms with E-state index in [1.807, 2.05) is 0 Å². The first-order valence-electron chi connectivity index (χ1n) is 6.98. The van der Waals surface area contributed by atoms with Crippen LogP contribution in [0.5, 0.6) is 5.75 Å². The molecule has 0 amide bonds. The Morgan fingerprint density at radius 1 is 0.913 bits per heavy atom. The molecule has 1 aromatic carbocycles. The predicted octanol–water partition coefficient (Wildman–Crippen LogP) is 4.22. The number of hydrogen-bond donors (Lipinski definition) is 0. The van der Waals surface area contributed by atoms with Crippen molar-refractivity contribution in [2.24, 2.45) is 0 Å². The molecule has 0 aromatic heterocycles. The van der Waals surface area contributed by atoms with Crippen molar-refractivity contribution in [2.75, 3.05) is 7.11 Å². The SMILES string of the molecule is C/C=C(\C)C(=O)OI(OC(=O)/C(C)=C/C)c1ccc(OC)cc1. The maximum absolute atomic E-state index is 12.0. The number of methoxy groups -OCH3 is 1. The third kappa shape index (κ3) is 5.70. The van der Waals surface area contributed by atoms with Crippen LogP contribution in [0.3, 0.4) is 0 Å². The van der Waals surface area contributed by atoms with Gasteiger partial charge in [0.15, 0.2) is 0 Å². The van der Waals surface area contributed by atoms with Crippen molar-refractivity contribution < 1.29 is 20.5 Å². The summed E-state index contributed by atoms with van der Waals surface area (Å²) in [5.41, 5.74) is 0.944. The molecule has 0 unspecified atom stereocenters. The van der Waals surface area contributed by atoms with E-state index < -0.39 is 32.6 Å². The molecule has 1 rings (SSSR count). The van der Waals surface area contributed by atoms with Crippen LogP contribution in [0.4, 0.5) is 0 Å². The molecule has 0 N–H and O–H groups in total. The monoisotopic (exact) mass is 432 g/mol. The summed E-state index contributed by atoms with van der Waals surface area (Å²) in [7, 11) is 1.57. The topological polar surface area (TPSA) is 61.8 Å². The fourth-order valence-electron chi connectivity index (χ4n) is 1.26. The number of allylic oxidation sites excluding steroid dienone is 2. The van der Waals surface area contributed by atoms with Crippen LogP contribution in [0.2, 0.25) is 0 Å². The Balaban J connectivity index is 3.04. The van der Waals surface area contributed by atoms with Gasteiger partial charge in [0, 0.05) is 0 Å². The van der Waals surface area contributed by atoms with E-state index in [2.05, 4.69) is 0 Å². The second-order valence-corrected chi connectivity index (χ2v) is 7.91. The number of rotatable bonds is 6. The van der Waals surface area contributed by atoms with Crippen molar-refractivity contribution in [3.8, 4) is 5.75 Å². The van der Waals surface area contributed by atoms with Crippen molar-refractivity contribution in [1.29, 1.82) is 0 Å². The quantitative estimate of drug-likeness (QED) is 0.498. The Labute approximate surface area is 144 Å². The zero-order valence-electron chi connectivity index (χ0n) is 13.9. The van der Waals surface area contributed by atoms with Crippen LogP contribution >= 0.6 is 20.6 Å². The number of halogens is 1. The van der Waals surface area contributed by atoms with Crippen LogP contribution < -0.4 is 4.74 Å². The predicted molar refractivity (Wildman–Crippen MR) is 96.8 cm³/mol. The fourth-order valence-corrected chi connectivity index (χ4v) is 4.23. The van der Waals surface area contributed by atoms with Gasteiger partial charge in [-0.1, -0.05) is 0 Å². The van der Waals surface area contributed by atoms with E-state index in [0.29, 0.717) is 20.5 Å². The van der Waals surface area contributed by atoms with Gasteiger partial charge >= 0.3 is 145 Å². The third-order valence-electron chi connectivity index (χ3n) is 3.02. The molecule has 0 saturated carbocycles. The van der Waals surface area contributed by atoms with E-state index >= 15 is 0 Å². The summed E-state index contributed by atoms with van der Waals surface area (Å²) in [5, 5.41) is 0. The molecule has 0 heterocycles. The molecule has 0 bridgehead atoms. The van der Waals surface area contributed by atoms with E-state index in [9.17, 15) is 9.59 Å². The number of hydrogen-bond acceptors (Lipinski definition) is 5. The first-order chi connectivity index (χ1) is 10.9. The summed E-state index contributed by atoms with van der Waals surface area (Å²) < 4.78 is 16.7. The molecule has 0 fully saturated rings. The second-order valence-electron chi connectivity index (χ2n) is 4.55. The first-order valence-corrected chi connectivity index (χ1v) is 9.82. The van der Waals surface area contributed by atoms with Crippen molar-refractivity contribution >= 4 is 32.6 Å². The molecule has 5 nitrogen and oxygen atoms in total. The number of ether oxygens (including phenoxy) is 1. The van der Waals surface area contributed by atoms with Crippen LogP contribution in [0, 0.1) is 3.57 Å². The van der Waals surface area contributed by atoms with Gasteiger partial charge in [0.05, 0.1) is 0 Å². The number of carbonyl (C=O) groups is 2. The molecule has 0 atom stereocenters. The van der Waals surface area contributed by atoms with Crippen molar-refractivity contribution in [1.82, 2.24) is 0 Å². The molecule has 23 heavy (non-hydrogen) atoms. The molecule has 0 aliphatic carbocycles. The van der Waals surface area contributed by atoms with Crippen LogP contribution in [0.25, 0.3) is 0 Å². The minimum atomic E-state index is -2.92. The Morgan fingerprint density at radius 3 is 1.70 bits per heavy atom. The maximum atomic E-state index is 12.0. The van der Waals surface area contributed by atoms with E-state index in [1.165, 1.54) is 0 Å². The van der Waals surface area contributed by atoms with Crippen LogP contribution in [-0.4, -0.2) is 19.0 Å². The molecule has 0 saturated heterocycles. The van der Waals surface area contributed by atoms with Crippen LogP contribution in [-0.2, 0) is 15.7 Å². The molecule has 1 aromatic rings. The summed E-state index contributed by atoms with van der Waals surface area (Å²) in [6.45, 7) is 6.81. The van der Waals surface area contributed by atoms with Gasteiger partial charge in [-0.2, -0.15) is 0 Å². The molecule has 126 valence electrons. The Bertz CT molecular complexity index is 584. The fraction of sp³-hybridized carbons (Fsp3) is 0.294. The van der Waals surface area contributed by atoms with Gasteiger partial charge in [0.25, 0.3) is 0 Å². The van der Waals surface area contributed by atoms with Gasteiger partial charge in [0.2, 0.25) is 0 Å².